The standard InChI is InChI=1S/C9H17N3O/c1-9(2,7-13)6-10-3-8-4-11-12-5-8/h4-5,10,13H,3,6-7H2,1-2H3,(H,11,12). The molecule has 74 valence electrons. The molecule has 3 N–H and O–H groups in total. The Kier molecular flexibility index (Phi) is 3.45. The molecule has 1 aromatic heterocycles. The number of rotatable bonds is 5. The molecular formula is C9H17N3O. The predicted molar refractivity (Wildman–Crippen MR) is 51.2 cm³/mol. The Morgan fingerprint density at radius 1 is 1.62 bits per heavy atom. The minimum Gasteiger partial charge on any atom is -0.396 e. The molecule has 4 heteroatoms. The third-order valence-electron chi connectivity index (χ3n) is 1.92. The SMILES string of the molecule is CC(C)(CO)CNCc1cn[nH]c1. The van der Waals surface area contributed by atoms with Crippen molar-refractivity contribution in [3.63, 3.8) is 0 Å². The first-order valence-electron chi connectivity index (χ1n) is 4.43. The Labute approximate surface area is 78.4 Å². The van der Waals surface area contributed by atoms with E-state index < -0.39 is 0 Å². The summed E-state index contributed by atoms with van der Waals surface area (Å²) in [4.78, 5) is 0. The molecule has 0 saturated carbocycles. The third kappa shape index (κ3) is 3.57. The number of nitrogens with one attached hydrogen (secondary N) is 2. The molecule has 0 unspecified atom stereocenters. The summed E-state index contributed by atoms with van der Waals surface area (Å²) >= 11 is 0. The third-order valence-corrected chi connectivity index (χ3v) is 1.92. The fraction of sp³-hybridized carbons (Fsp3) is 0.667. The van der Waals surface area contributed by atoms with Crippen LogP contribution in [0.3, 0.4) is 0 Å². The highest BCUT2D eigenvalue weighted by Crippen LogP contribution is 2.11. The molecule has 0 amide bonds. The number of hydrogen-bond donors (Lipinski definition) is 3. The van der Waals surface area contributed by atoms with Gasteiger partial charge < -0.3 is 10.4 Å². The molecule has 0 aromatic carbocycles. The molecule has 13 heavy (non-hydrogen) atoms. The molecule has 1 aromatic rings. The molecule has 0 fully saturated rings. The van der Waals surface area contributed by atoms with E-state index in [1.807, 2.05) is 20.0 Å². The summed E-state index contributed by atoms with van der Waals surface area (Å²) in [6.45, 7) is 5.84. The van der Waals surface area contributed by atoms with Crippen molar-refractivity contribution < 1.29 is 5.11 Å². The first kappa shape index (κ1) is 10.2. The second-order valence-corrected chi connectivity index (χ2v) is 4.03. The van der Waals surface area contributed by atoms with Crippen LogP contribution in [0, 0.1) is 5.41 Å². The molecule has 0 aliphatic carbocycles. The Morgan fingerprint density at radius 2 is 2.38 bits per heavy atom. The van der Waals surface area contributed by atoms with Crippen LogP contribution in [-0.2, 0) is 6.54 Å². The Morgan fingerprint density at radius 3 is 2.92 bits per heavy atom. The lowest BCUT2D eigenvalue weighted by Crippen LogP contribution is -2.31. The van der Waals surface area contributed by atoms with E-state index in [9.17, 15) is 0 Å². The van der Waals surface area contributed by atoms with Crippen molar-refractivity contribution in [2.75, 3.05) is 13.2 Å². The number of aromatic amines is 1. The highest BCUT2D eigenvalue weighted by molar-refractivity contribution is 5.01. The summed E-state index contributed by atoms with van der Waals surface area (Å²) in [7, 11) is 0. The summed E-state index contributed by atoms with van der Waals surface area (Å²) in [5.74, 6) is 0. The summed E-state index contributed by atoms with van der Waals surface area (Å²) < 4.78 is 0. The van der Waals surface area contributed by atoms with Crippen molar-refractivity contribution in [1.29, 1.82) is 0 Å². The Balaban J connectivity index is 2.21. The zero-order valence-electron chi connectivity index (χ0n) is 8.17. The normalized spacial score (nSPS) is 11.9. The molecule has 0 saturated heterocycles. The number of hydrogen-bond acceptors (Lipinski definition) is 3. The number of aliphatic hydroxyl groups is 1. The number of aromatic nitrogens is 2. The molecule has 0 atom stereocenters. The minimum atomic E-state index is -0.0518. The number of aliphatic hydroxyl groups excluding tert-OH is 1. The summed E-state index contributed by atoms with van der Waals surface area (Å²) in [5.41, 5.74) is 1.08. The van der Waals surface area contributed by atoms with Gasteiger partial charge in [-0.15, -0.1) is 0 Å². The largest absolute Gasteiger partial charge is 0.396 e. The van der Waals surface area contributed by atoms with Gasteiger partial charge in [0.15, 0.2) is 0 Å². The average Bonchev–Trinajstić information content (AvgIpc) is 2.57. The van der Waals surface area contributed by atoms with E-state index in [-0.39, 0.29) is 12.0 Å². The van der Waals surface area contributed by atoms with E-state index in [1.54, 1.807) is 6.20 Å². The van der Waals surface area contributed by atoms with Crippen molar-refractivity contribution >= 4 is 0 Å². The number of nitrogens with zero attached hydrogens (tertiary/aromatic N) is 1. The van der Waals surface area contributed by atoms with Gasteiger partial charge in [-0.1, -0.05) is 13.8 Å². The van der Waals surface area contributed by atoms with Gasteiger partial charge in [-0.3, -0.25) is 5.10 Å². The van der Waals surface area contributed by atoms with E-state index in [0.717, 1.165) is 18.7 Å². The topological polar surface area (TPSA) is 60.9 Å². The lowest BCUT2D eigenvalue weighted by molar-refractivity contribution is 0.156. The van der Waals surface area contributed by atoms with Gasteiger partial charge in [0.05, 0.1) is 6.20 Å². The molecule has 0 spiro atoms. The zero-order chi connectivity index (χ0) is 9.73. The van der Waals surface area contributed by atoms with Crippen LogP contribution in [0.5, 0.6) is 0 Å². The maximum absolute atomic E-state index is 8.99. The van der Waals surface area contributed by atoms with Crippen LogP contribution in [0.25, 0.3) is 0 Å². The highest BCUT2D eigenvalue weighted by atomic mass is 16.3. The fourth-order valence-corrected chi connectivity index (χ4v) is 0.975. The van der Waals surface area contributed by atoms with E-state index >= 15 is 0 Å². The van der Waals surface area contributed by atoms with E-state index in [4.69, 9.17) is 5.11 Å². The van der Waals surface area contributed by atoms with Crippen LogP contribution in [0.1, 0.15) is 19.4 Å². The molecule has 0 radical (unpaired) electrons. The van der Waals surface area contributed by atoms with Crippen LogP contribution < -0.4 is 5.32 Å². The Bertz CT molecular complexity index is 231. The minimum absolute atomic E-state index is 0.0518. The average molecular weight is 183 g/mol. The summed E-state index contributed by atoms with van der Waals surface area (Å²) in [6, 6.07) is 0. The van der Waals surface area contributed by atoms with Crippen molar-refractivity contribution in [3.8, 4) is 0 Å². The van der Waals surface area contributed by atoms with Crippen LogP contribution in [0.4, 0.5) is 0 Å². The molecule has 0 bridgehead atoms. The van der Waals surface area contributed by atoms with Crippen molar-refractivity contribution in [1.82, 2.24) is 15.5 Å². The van der Waals surface area contributed by atoms with Gasteiger partial charge >= 0.3 is 0 Å². The van der Waals surface area contributed by atoms with Crippen LogP contribution in [0.15, 0.2) is 12.4 Å². The van der Waals surface area contributed by atoms with Gasteiger partial charge in [-0.25, -0.2) is 0 Å². The monoisotopic (exact) mass is 183 g/mol. The molecule has 1 rings (SSSR count). The first-order valence-corrected chi connectivity index (χ1v) is 4.43. The lowest BCUT2D eigenvalue weighted by atomic mass is 9.95. The molecule has 4 nitrogen and oxygen atoms in total. The van der Waals surface area contributed by atoms with Gasteiger partial charge in [0.25, 0.3) is 0 Å². The van der Waals surface area contributed by atoms with Crippen molar-refractivity contribution in [2.45, 2.75) is 20.4 Å². The van der Waals surface area contributed by atoms with Gasteiger partial charge in [-0.2, -0.15) is 5.10 Å². The molecule has 1 heterocycles. The van der Waals surface area contributed by atoms with Crippen molar-refractivity contribution in [3.05, 3.63) is 18.0 Å². The molecular weight excluding hydrogens is 166 g/mol. The maximum Gasteiger partial charge on any atom is 0.0532 e. The highest BCUT2D eigenvalue weighted by Gasteiger charge is 2.15. The second kappa shape index (κ2) is 4.39. The van der Waals surface area contributed by atoms with Gasteiger partial charge in [-0.05, 0) is 0 Å². The Hall–Kier alpha value is -0.870. The first-order chi connectivity index (χ1) is 6.14. The van der Waals surface area contributed by atoms with E-state index in [2.05, 4.69) is 15.5 Å². The maximum atomic E-state index is 8.99. The second-order valence-electron chi connectivity index (χ2n) is 4.03. The predicted octanol–water partition coefficient (Wildman–Crippen LogP) is 0.518. The lowest BCUT2D eigenvalue weighted by Gasteiger charge is -2.21. The van der Waals surface area contributed by atoms with E-state index in [0.29, 0.717) is 0 Å². The fourth-order valence-electron chi connectivity index (χ4n) is 0.975. The summed E-state index contributed by atoms with van der Waals surface area (Å²) in [6.07, 6.45) is 3.65. The molecule has 0 aliphatic heterocycles. The number of H-pyrrole nitrogens is 1. The van der Waals surface area contributed by atoms with Crippen molar-refractivity contribution in [2.24, 2.45) is 5.41 Å². The summed E-state index contributed by atoms with van der Waals surface area (Å²) in [5, 5.41) is 18.8. The van der Waals surface area contributed by atoms with Crippen LogP contribution in [0.2, 0.25) is 0 Å². The van der Waals surface area contributed by atoms with Gasteiger partial charge in [0, 0.05) is 36.9 Å². The zero-order valence-corrected chi connectivity index (χ0v) is 8.17. The van der Waals surface area contributed by atoms with Gasteiger partial charge in [0.1, 0.15) is 0 Å². The van der Waals surface area contributed by atoms with E-state index in [1.165, 1.54) is 0 Å². The smallest absolute Gasteiger partial charge is 0.0532 e. The van der Waals surface area contributed by atoms with Gasteiger partial charge in [0.2, 0.25) is 0 Å². The quantitative estimate of drug-likeness (QED) is 0.623. The van der Waals surface area contributed by atoms with Crippen LogP contribution in [-0.4, -0.2) is 28.5 Å². The van der Waals surface area contributed by atoms with Crippen LogP contribution >= 0.6 is 0 Å². The molecule has 0 aliphatic rings.